The van der Waals surface area contributed by atoms with E-state index >= 15 is 0 Å². The van der Waals surface area contributed by atoms with Crippen LogP contribution in [-0.2, 0) is 9.84 Å². The predicted molar refractivity (Wildman–Crippen MR) is 85.1 cm³/mol. The van der Waals surface area contributed by atoms with Crippen LogP contribution in [0.3, 0.4) is 0 Å². The van der Waals surface area contributed by atoms with Crippen LogP contribution in [0, 0.1) is 0 Å². The lowest BCUT2D eigenvalue weighted by molar-refractivity contribution is 0.0741. The van der Waals surface area contributed by atoms with Crippen LogP contribution in [0.25, 0.3) is 0 Å². The first-order chi connectivity index (χ1) is 8.97. The zero-order valence-electron chi connectivity index (χ0n) is 11.0. The van der Waals surface area contributed by atoms with E-state index in [9.17, 15) is 13.5 Å². The number of aliphatic hydroxyl groups excluding tert-OH is 1. The quantitative estimate of drug-likeness (QED) is 0.864. The molecule has 1 aliphatic heterocycles. The van der Waals surface area contributed by atoms with Crippen molar-refractivity contribution in [2.45, 2.75) is 23.8 Å². The van der Waals surface area contributed by atoms with E-state index in [-0.39, 0.29) is 24.3 Å². The number of benzene rings is 1. The first kappa shape index (κ1) is 17.9. The molecule has 0 bridgehead atoms. The molecule has 1 aromatic carbocycles. The summed E-state index contributed by atoms with van der Waals surface area (Å²) in [6.07, 6.45) is 1.43. The number of halogens is 2. The highest BCUT2D eigenvalue weighted by Crippen LogP contribution is 2.17. The van der Waals surface area contributed by atoms with Gasteiger partial charge in [-0.2, -0.15) is 0 Å². The fourth-order valence-electron chi connectivity index (χ4n) is 2.24. The van der Waals surface area contributed by atoms with Gasteiger partial charge in [-0.25, -0.2) is 8.42 Å². The Kier molecular flexibility index (Phi) is 6.94. The molecule has 1 aliphatic rings. The fraction of sp³-hybridized carbons (Fsp3) is 0.538. The standard InChI is InChI=1S/C13H18BrNO3S.ClH/c14-11-3-5-13(6-4-11)19(17,18)9-8-15-7-1-2-12(16)10-15;/h3-6,12,16H,1-2,7-10H2;1H. The van der Waals surface area contributed by atoms with Crippen LogP contribution < -0.4 is 0 Å². The summed E-state index contributed by atoms with van der Waals surface area (Å²) in [4.78, 5) is 2.37. The highest BCUT2D eigenvalue weighted by atomic mass is 79.9. The molecule has 1 atom stereocenters. The molecule has 0 spiro atoms. The molecule has 20 heavy (non-hydrogen) atoms. The number of rotatable bonds is 4. The van der Waals surface area contributed by atoms with Gasteiger partial charge in [-0.15, -0.1) is 12.4 Å². The van der Waals surface area contributed by atoms with Crippen molar-refractivity contribution in [3.05, 3.63) is 28.7 Å². The number of hydrogen-bond acceptors (Lipinski definition) is 4. The zero-order chi connectivity index (χ0) is 13.9. The first-order valence-corrected chi connectivity index (χ1v) is 8.81. The number of nitrogens with zero attached hydrogens (tertiary/aromatic N) is 1. The van der Waals surface area contributed by atoms with Gasteiger partial charge < -0.3 is 5.11 Å². The SMILES string of the molecule is Cl.O=S(=O)(CCN1CCCC(O)C1)c1ccc(Br)cc1. The van der Waals surface area contributed by atoms with Gasteiger partial charge >= 0.3 is 0 Å². The smallest absolute Gasteiger partial charge is 0.179 e. The molecule has 1 saturated heterocycles. The average Bonchev–Trinajstić information content (AvgIpc) is 2.37. The van der Waals surface area contributed by atoms with E-state index in [0.29, 0.717) is 18.0 Å². The maximum atomic E-state index is 12.2. The molecule has 7 heteroatoms. The molecule has 0 amide bonds. The maximum absolute atomic E-state index is 12.2. The summed E-state index contributed by atoms with van der Waals surface area (Å²) in [5.41, 5.74) is 0. The van der Waals surface area contributed by atoms with Gasteiger partial charge in [-0.3, -0.25) is 4.90 Å². The Bertz CT molecular complexity index is 521. The Balaban J connectivity index is 0.00000200. The van der Waals surface area contributed by atoms with Gasteiger partial charge in [-0.1, -0.05) is 15.9 Å². The molecule has 0 aliphatic carbocycles. The van der Waals surface area contributed by atoms with Crippen molar-refractivity contribution in [1.29, 1.82) is 0 Å². The summed E-state index contributed by atoms with van der Waals surface area (Å²) in [6.45, 7) is 1.93. The second kappa shape index (κ2) is 7.75. The second-order valence-electron chi connectivity index (χ2n) is 4.87. The normalized spacial score (nSPS) is 20.4. The third-order valence-electron chi connectivity index (χ3n) is 3.33. The van der Waals surface area contributed by atoms with Crippen LogP contribution in [0.4, 0.5) is 0 Å². The van der Waals surface area contributed by atoms with E-state index in [0.717, 1.165) is 23.9 Å². The highest BCUT2D eigenvalue weighted by Gasteiger charge is 2.20. The Hall–Kier alpha value is -0.140. The number of hydrogen-bond donors (Lipinski definition) is 1. The van der Waals surface area contributed by atoms with Gasteiger partial charge in [0, 0.05) is 17.6 Å². The summed E-state index contributed by atoms with van der Waals surface area (Å²) >= 11 is 3.29. The summed E-state index contributed by atoms with van der Waals surface area (Å²) in [5.74, 6) is 0.0986. The summed E-state index contributed by atoms with van der Waals surface area (Å²) in [6, 6.07) is 6.70. The molecular weight excluding hydrogens is 366 g/mol. The van der Waals surface area contributed by atoms with Gasteiger partial charge in [0.1, 0.15) is 0 Å². The Labute approximate surface area is 134 Å². The second-order valence-corrected chi connectivity index (χ2v) is 7.89. The number of likely N-dealkylation sites (tertiary alicyclic amines) is 1. The van der Waals surface area contributed by atoms with Crippen molar-refractivity contribution in [1.82, 2.24) is 4.90 Å². The van der Waals surface area contributed by atoms with Crippen LogP contribution in [0.5, 0.6) is 0 Å². The molecule has 0 saturated carbocycles. The van der Waals surface area contributed by atoms with E-state index in [1.807, 2.05) is 4.90 Å². The lowest BCUT2D eigenvalue weighted by atomic mass is 10.1. The van der Waals surface area contributed by atoms with E-state index in [1.54, 1.807) is 24.3 Å². The molecule has 1 heterocycles. The topological polar surface area (TPSA) is 57.6 Å². The van der Waals surface area contributed by atoms with Crippen molar-refractivity contribution in [3.63, 3.8) is 0 Å². The third-order valence-corrected chi connectivity index (χ3v) is 5.57. The number of piperidine rings is 1. The van der Waals surface area contributed by atoms with Crippen LogP contribution in [0.1, 0.15) is 12.8 Å². The van der Waals surface area contributed by atoms with Gasteiger partial charge in [0.2, 0.25) is 0 Å². The van der Waals surface area contributed by atoms with E-state index < -0.39 is 9.84 Å². The summed E-state index contributed by atoms with van der Waals surface area (Å²) in [5, 5.41) is 9.56. The molecule has 114 valence electrons. The van der Waals surface area contributed by atoms with E-state index in [2.05, 4.69) is 15.9 Å². The van der Waals surface area contributed by atoms with E-state index in [4.69, 9.17) is 0 Å². The Morgan fingerprint density at radius 1 is 1.30 bits per heavy atom. The maximum Gasteiger partial charge on any atom is 0.179 e. The fourth-order valence-corrected chi connectivity index (χ4v) is 3.79. The molecule has 1 unspecified atom stereocenters. The van der Waals surface area contributed by atoms with Crippen molar-refractivity contribution in [2.24, 2.45) is 0 Å². The molecule has 0 aromatic heterocycles. The molecule has 1 aromatic rings. The van der Waals surface area contributed by atoms with Crippen molar-refractivity contribution >= 4 is 38.2 Å². The van der Waals surface area contributed by atoms with Crippen molar-refractivity contribution in [3.8, 4) is 0 Å². The van der Waals surface area contributed by atoms with Gasteiger partial charge in [-0.05, 0) is 43.7 Å². The van der Waals surface area contributed by atoms with Crippen LogP contribution in [0.2, 0.25) is 0 Å². The number of β-amino-alcohol motifs (C(OH)–C–C–N with tert-alkyl or cyclic N) is 1. The third kappa shape index (κ3) is 5.00. The van der Waals surface area contributed by atoms with Crippen LogP contribution in [-0.4, -0.2) is 49.9 Å². The van der Waals surface area contributed by atoms with Gasteiger partial charge in [0.15, 0.2) is 9.84 Å². The van der Waals surface area contributed by atoms with Crippen molar-refractivity contribution in [2.75, 3.05) is 25.4 Å². The minimum absolute atomic E-state index is 0. The largest absolute Gasteiger partial charge is 0.392 e. The monoisotopic (exact) mass is 383 g/mol. The van der Waals surface area contributed by atoms with Crippen LogP contribution in [0.15, 0.2) is 33.6 Å². The number of aliphatic hydroxyl groups is 1. The van der Waals surface area contributed by atoms with Gasteiger partial charge in [0.25, 0.3) is 0 Å². The summed E-state index contributed by atoms with van der Waals surface area (Å²) < 4.78 is 25.2. The predicted octanol–water partition coefficient (Wildman–Crippen LogP) is 2.10. The molecule has 4 nitrogen and oxygen atoms in total. The molecule has 1 N–H and O–H groups in total. The number of sulfone groups is 1. The lowest BCUT2D eigenvalue weighted by Crippen LogP contribution is -2.40. The Morgan fingerprint density at radius 2 is 1.95 bits per heavy atom. The molecule has 2 rings (SSSR count). The minimum Gasteiger partial charge on any atom is -0.392 e. The van der Waals surface area contributed by atoms with Gasteiger partial charge in [0.05, 0.1) is 16.8 Å². The van der Waals surface area contributed by atoms with Crippen molar-refractivity contribution < 1.29 is 13.5 Å². The first-order valence-electron chi connectivity index (χ1n) is 6.36. The highest BCUT2D eigenvalue weighted by molar-refractivity contribution is 9.10. The molecule has 1 fully saturated rings. The zero-order valence-corrected chi connectivity index (χ0v) is 14.3. The van der Waals surface area contributed by atoms with Crippen LogP contribution >= 0.6 is 28.3 Å². The Morgan fingerprint density at radius 3 is 2.55 bits per heavy atom. The van der Waals surface area contributed by atoms with E-state index in [1.165, 1.54) is 0 Å². The lowest BCUT2D eigenvalue weighted by Gasteiger charge is -2.29. The minimum atomic E-state index is -3.24. The molecular formula is C13H19BrClNO3S. The summed E-state index contributed by atoms with van der Waals surface area (Å²) in [7, 11) is -3.24. The molecule has 0 radical (unpaired) electrons. The average molecular weight is 385 g/mol.